The summed E-state index contributed by atoms with van der Waals surface area (Å²) in [7, 11) is 0. The highest BCUT2D eigenvalue weighted by Gasteiger charge is 2.39. The number of rotatable bonds is 12. The van der Waals surface area contributed by atoms with E-state index in [0.717, 1.165) is 36.0 Å². The topological polar surface area (TPSA) is 87.7 Å². The zero-order valence-corrected chi connectivity index (χ0v) is 24.2. The summed E-state index contributed by atoms with van der Waals surface area (Å²) >= 11 is 0. The van der Waals surface area contributed by atoms with Crippen LogP contribution in [-0.2, 0) is 14.3 Å². The lowest BCUT2D eigenvalue weighted by atomic mass is 9.93. The predicted octanol–water partition coefficient (Wildman–Crippen LogP) is 5.83. The van der Waals surface area contributed by atoms with Gasteiger partial charge in [-0.15, -0.1) is 0 Å². The highest BCUT2D eigenvalue weighted by atomic mass is 16.6. The smallest absolute Gasteiger partial charge is 0.408 e. The van der Waals surface area contributed by atoms with Crippen LogP contribution >= 0.6 is 0 Å². The first kappa shape index (κ1) is 31.5. The number of carbonyl (C=O) groups is 3. The molecule has 0 radical (unpaired) electrons. The van der Waals surface area contributed by atoms with Crippen LogP contribution in [0.5, 0.6) is 0 Å². The number of nitrogens with zero attached hydrogens (tertiary/aromatic N) is 1. The van der Waals surface area contributed by atoms with Gasteiger partial charge in [0.25, 0.3) is 0 Å². The van der Waals surface area contributed by atoms with E-state index >= 15 is 0 Å². The van der Waals surface area contributed by atoms with Gasteiger partial charge in [0.2, 0.25) is 11.8 Å². The monoisotopic (exact) mass is 503 g/mol. The van der Waals surface area contributed by atoms with E-state index in [1.54, 1.807) is 25.7 Å². The Hall–Kier alpha value is -2.57. The Bertz CT molecular complexity index is 876. The first-order valence-electron chi connectivity index (χ1n) is 13.4. The highest BCUT2D eigenvalue weighted by Crippen LogP contribution is 2.30. The fourth-order valence-corrected chi connectivity index (χ4v) is 4.14. The third-order valence-electron chi connectivity index (χ3n) is 6.25. The number of unbranched alkanes of at least 4 members (excludes halogenated alkanes) is 2. The van der Waals surface area contributed by atoms with Crippen LogP contribution in [0.3, 0.4) is 0 Å². The Balaban J connectivity index is 3.50. The molecule has 3 atom stereocenters. The quantitative estimate of drug-likeness (QED) is 0.352. The van der Waals surface area contributed by atoms with Crippen molar-refractivity contribution < 1.29 is 19.1 Å². The standard InChI is InChI=1S/C29H49N3O4/c1-11-13-14-17-30-26(33)25(23-16-15-20(5)18-21(23)6)32(22(7)12-2)27(34)24(19(3)4)31-28(35)36-29(8,9)10/h15-16,18-19,22,24-25H,11-14,17H2,1-10H3,(H,30,33)(H,31,35). The largest absolute Gasteiger partial charge is 0.444 e. The van der Waals surface area contributed by atoms with Gasteiger partial charge < -0.3 is 20.3 Å². The van der Waals surface area contributed by atoms with Crippen LogP contribution in [0, 0.1) is 19.8 Å². The molecule has 0 saturated carbocycles. The number of hydrogen-bond acceptors (Lipinski definition) is 4. The molecule has 1 rings (SSSR count). The lowest BCUT2D eigenvalue weighted by Crippen LogP contribution is -2.57. The van der Waals surface area contributed by atoms with Crippen molar-refractivity contribution >= 4 is 17.9 Å². The van der Waals surface area contributed by atoms with Gasteiger partial charge in [-0.3, -0.25) is 9.59 Å². The zero-order valence-electron chi connectivity index (χ0n) is 24.2. The molecule has 0 aliphatic carbocycles. The molecule has 36 heavy (non-hydrogen) atoms. The van der Waals surface area contributed by atoms with E-state index in [9.17, 15) is 14.4 Å². The van der Waals surface area contributed by atoms with Crippen molar-refractivity contribution in [1.82, 2.24) is 15.5 Å². The maximum absolute atomic E-state index is 14.1. The van der Waals surface area contributed by atoms with Crippen LogP contribution in [0.15, 0.2) is 18.2 Å². The second-order valence-electron chi connectivity index (χ2n) is 11.1. The van der Waals surface area contributed by atoms with E-state index in [2.05, 4.69) is 17.6 Å². The fraction of sp³-hybridized carbons (Fsp3) is 0.690. The molecule has 0 saturated heterocycles. The first-order valence-corrected chi connectivity index (χ1v) is 13.4. The van der Waals surface area contributed by atoms with Gasteiger partial charge in [-0.05, 0) is 71.4 Å². The van der Waals surface area contributed by atoms with Gasteiger partial charge in [-0.25, -0.2) is 4.79 Å². The molecule has 7 heteroatoms. The van der Waals surface area contributed by atoms with Crippen LogP contribution in [0.4, 0.5) is 4.79 Å². The maximum Gasteiger partial charge on any atom is 0.408 e. The molecule has 2 N–H and O–H groups in total. The molecule has 0 aliphatic rings. The molecule has 0 heterocycles. The Morgan fingerprint density at radius 3 is 2.17 bits per heavy atom. The van der Waals surface area contributed by atoms with Gasteiger partial charge in [0.1, 0.15) is 17.7 Å². The number of amides is 3. The molecule has 0 aliphatic heterocycles. The first-order chi connectivity index (χ1) is 16.7. The van der Waals surface area contributed by atoms with E-state index in [1.807, 2.05) is 59.7 Å². The third kappa shape index (κ3) is 9.47. The molecule has 0 aromatic heterocycles. The Labute approximate surface area is 218 Å². The van der Waals surface area contributed by atoms with Gasteiger partial charge in [0.15, 0.2) is 0 Å². The SMILES string of the molecule is CCCCCNC(=O)C(c1ccc(C)cc1C)N(C(=O)C(NC(=O)OC(C)(C)C)C(C)C)C(C)CC. The Kier molecular flexibility index (Phi) is 12.4. The molecule has 0 fully saturated rings. The third-order valence-corrected chi connectivity index (χ3v) is 6.25. The van der Waals surface area contributed by atoms with Gasteiger partial charge >= 0.3 is 6.09 Å². The molecule has 0 spiro atoms. The molecule has 3 amide bonds. The summed E-state index contributed by atoms with van der Waals surface area (Å²) in [5.74, 6) is -0.700. The summed E-state index contributed by atoms with van der Waals surface area (Å²) in [6.07, 6.45) is 2.98. The number of ether oxygens (including phenoxy) is 1. The van der Waals surface area contributed by atoms with Crippen molar-refractivity contribution in [3.05, 3.63) is 34.9 Å². The number of hydrogen-bond donors (Lipinski definition) is 2. The minimum absolute atomic E-state index is 0.202. The van der Waals surface area contributed by atoms with Crippen LogP contribution in [-0.4, -0.2) is 47.0 Å². The summed E-state index contributed by atoms with van der Waals surface area (Å²) in [4.78, 5) is 42.1. The number of alkyl carbamates (subject to hydrolysis) is 1. The summed E-state index contributed by atoms with van der Waals surface area (Å²) in [5.41, 5.74) is 2.14. The summed E-state index contributed by atoms with van der Waals surface area (Å²) in [6.45, 7) is 19.7. The van der Waals surface area contributed by atoms with Crippen molar-refractivity contribution in [3.63, 3.8) is 0 Å². The molecule has 204 valence electrons. The summed E-state index contributed by atoms with van der Waals surface area (Å²) in [6, 6.07) is 4.07. The molecular weight excluding hydrogens is 454 g/mol. The Morgan fingerprint density at radius 1 is 1.03 bits per heavy atom. The molecule has 1 aromatic carbocycles. The zero-order chi connectivity index (χ0) is 27.6. The van der Waals surface area contributed by atoms with E-state index < -0.39 is 23.8 Å². The van der Waals surface area contributed by atoms with Gasteiger partial charge in [-0.2, -0.15) is 0 Å². The summed E-state index contributed by atoms with van der Waals surface area (Å²) < 4.78 is 5.44. The van der Waals surface area contributed by atoms with Crippen molar-refractivity contribution in [3.8, 4) is 0 Å². The molecular formula is C29H49N3O4. The van der Waals surface area contributed by atoms with E-state index in [0.29, 0.717) is 13.0 Å². The van der Waals surface area contributed by atoms with Crippen molar-refractivity contribution in [2.45, 2.75) is 119 Å². The van der Waals surface area contributed by atoms with Crippen LogP contribution in [0.2, 0.25) is 0 Å². The van der Waals surface area contributed by atoms with E-state index in [-0.39, 0.29) is 23.8 Å². The lowest BCUT2D eigenvalue weighted by Gasteiger charge is -2.39. The van der Waals surface area contributed by atoms with Crippen LogP contribution < -0.4 is 10.6 Å². The molecule has 0 bridgehead atoms. The fourth-order valence-electron chi connectivity index (χ4n) is 4.14. The van der Waals surface area contributed by atoms with Gasteiger partial charge in [0.05, 0.1) is 0 Å². The second-order valence-corrected chi connectivity index (χ2v) is 11.1. The van der Waals surface area contributed by atoms with E-state index in [4.69, 9.17) is 4.74 Å². The number of carbonyl (C=O) groups excluding carboxylic acids is 3. The van der Waals surface area contributed by atoms with Gasteiger partial charge in [0, 0.05) is 12.6 Å². The Morgan fingerprint density at radius 2 is 1.67 bits per heavy atom. The number of aryl methyl sites for hydroxylation is 2. The predicted molar refractivity (Wildman–Crippen MR) is 146 cm³/mol. The second kappa shape index (κ2) is 14.2. The summed E-state index contributed by atoms with van der Waals surface area (Å²) in [5, 5.41) is 5.84. The van der Waals surface area contributed by atoms with Crippen LogP contribution in [0.1, 0.15) is 104 Å². The van der Waals surface area contributed by atoms with Crippen molar-refractivity contribution in [2.75, 3.05) is 6.54 Å². The van der Waals surface area contributed by atoms with Crippen LogP contribution in [0.25, 0.3) is 0 Å². The lowest BCUT2D eigenvalue weighted by molar-refractivity contribution is -0.146. The minimum atomic E-state index is -0.838. The normalized spacial score (nSPS) is 14.1. The minimum Gasteiger partial charge on any atom is -0.444 e. The van der Waals surface area contributed by atoms with Crippen molar-refractivity contribution in [1.29, 1.82) is 0 Å². The van der Waals surface area contributed by atoms with Gasteiger partial charge in [-0.1, -0.05) is 64.3 Å². The molecule has 1 aromatic rings. The maximum atomic E-state index is 14.1. The molecule has 7 nitrogen and oxygen atoms in total. The number of nitrogens with one attached hydrogen (secondary N) is 2. The average Bonchev–Trinajstić information content (AvgIpc) is 2.77. The van der Waals surface area contributed by atoms with E-state index in [1.165, 1.54) is 0 Å². The van der Waals surface area contributed by atoms with Crippen molar-refractivity contribution in [2.24, 2.45) is 5.92 Å². The highest BCUT2D eigenvalue weighted by molar-refractivity contribution is 5.92. The number of benzene rings is 1. The molecule has 3 unspecified atom stereocenters. The average molecular weight is 504 g/mol.